The fourth-order valence-electron chi connectivity index (χ4n) is 3.29. The monoisotopic (exact) mass is 496 g/mol. The first-order valence-corrected chi connectivity index (χ1v) is 11.5. The average molecular weight is 497 g/mol. The van der Waals surface area contributed by atoms with Crippen LogP contribution in [0.15, 0.2) is 48.5 Å². The predicted octanol–water partition coefficient (Wildman–Crippen LogP) is 4.63. The average Bonchev–Trinajstić information content (AvgIpc) is 3.17. The Hall–Kier alpha value is -3.98. The fourth-order valence-corrected chi connectivity index (χ4v) is 4.37. The first-order chi connectivity index (χ1) is 16.6. The highest BCUT2D eigenvalue weighted by atomic mass is 32.1. The number of ether oxygens (including phenoxy) is 4. The van der Waals surface area contributed by atoms with Crippen LogP contribution in [0, 0.1) is 0 Å². The summed E-state index contributed by atoms with van der Waals surface area (Å²) in [6.45, 7) is 5.11. The van der Waals surface area contributed by atoms with Crippen LogP contribution in [0.5, 0.6) is 23.0 Å². The van der Waals surface area contributed by atoms with Gasteiger partial charge in [0, 0.05) is 50.3 Å². The Morgan fingerprint density at radius 1 is 0.543 bits per heavy atom. The molecule has 0 amide bonds. The van der Waals surface area contributed by atoms with E-state index in [1.807, 2.05) is 24.3 Å². The highest BCUT2D eigenvalue weighted by molar-refractivity contribution is 7.12. The molecule has 0 N–H and O–H groups in total. The van der Waals surface area contributed by atoms with Crippen molar-refractivity contribution in [2.45, 2.75) is 40.5 Å². The quantitative estimate of drug-likeness (QED) is 0.328. The van der Waals surface area contributed by atoms with Crippen LogP contribution in [0.3, 0.4) is 0 Å². The van der Waals surface area contributed by atoms with Gasteiger partial charge < -0.3 is 18.9 Å². The van der Waals surface area contributed by atoms with Crippen molar-refractivity contribution in [3.8, 4) is 23.0 Å². The van der Waals surface area contributed by atoms with Crippen LogP contribution in [0.1, 0.15) is 48.6 Å². The molecule has 0 aliphatic carbocycles. The van der Waals surface area contributed by atoms with Gasteiger partial charge in [0.2, 0.25) is 0 Å². The Morgan fingerprint density at radius 2 is 0.886 bits per heavy atom. The highest BCUT2D eigenvalue weighted by Gasteiger charge is 2.14. The Bertz CT molecular complexity index is 1180. The minimum atomic E-state index is -0.512. The molecule has 0 unspecified atom stereocenters. The van der Waals surface area contributed by atoms with E-state index in [9.17, 15) is 19.2 Å². The molecule has 0 atom stereocenters. The van der Waals surface area contributed by atoms with E-state index in [0.29, 0.717) is 12.8 Å². The van der Waals surface area contributed by atoms with Gasteiger partial charge in [0.05, 0.1) is 0 Å². The van der Waals surface area contributed by atoms with Gasteiger partial charge in [-0.1, -0.05) is 12.1 Å². The van der Waals surface area contributed by atoms with E-state index in [1.165, 1.54) is 27.7 Å². The second-order valence-electron chi connectivity index (χ2n) is 7.66. The summed E-state index contributed by atoms with van der Waals surface area (Å²) in [5.74, 6) is -1.30. The van der Waals surface area contributed by atoms with Gasteiger partial charge in [-0.05, 0) is 47.5 Å². The Labute approximate surface area is 206 Å². The molecule has 0 fully saturated rings. The lowest BCUT2D eigenvalue weighted by Gasteiger charge is -2.10. The van der Waals surface area contributed by atoms with Gasteiger partial charge >= 0.3 is 23.9 Å². The lowest BCUT2D eigenvalue weighted by atomic mass is 10.1. The fraction of sp³-hybridized carbons (Fsp3) is 0.231. The molecule has 0 aliphatic heterocycles. The summed E-state index contributed by atoms with van der Waals surface area (Å²) in [7, 11) is 0. The number of rotatable bonds is 8. The number of benzene rings is 2. The predicted molar refractivity (Wildman–Crippen MR) is 128 cm³/mol. The maximum atomic E-state index is 11.4. The summed E-state index contributed by atoms with van der Waals surface area (Å²) in [6, 6.07) is 14.2. The molecular weight excluding hydrogens is 472 g/mol. The molecule has 1 aromatic heterocycles. The van der Waals surface area contributed by atoms with Crippen LogP contribution < -0.4 is 18.9 Å². The second-order valence-corrected chi connectivity index (χ2v) is 8.91. The zero-order chi connectivity index (χ0) is 25.5. The minimum Gasteiger partial charge on any atom is -0.423 e. The largest absolute Gasteiger partial charge is 0.423 e. The molecule has 2 aromatic carbocycles. The van der Waals surface area contributed by atoms with Crippen molar-refractivity contribution in [1.29, 1.82) is 0 Å². The smallest absolute Gasteiger partial charge is 0.308 e. The minimum absolute atomic E-state index is 0.184. The number of hydrogen-bond acceptors (Lipinski definition) is 9. The summed E-state index contributed by atoms with van der Waals surface area (Å²) in [4.78, 5) is 47.7. The topological polar surface area (TPSA) is 105 Å². The molecule has 8 nitrogen and oxygen atoms in total. The molecule has 3 rings (SSSR count). The number of hydrogen-bond donors (Lipinski definition) is 0. The first-order valence-electron chi connectivity index (χ1n) is 10.7. The van der Waals surface area contributed by atoms with Gasteiger partial charge in [-0.15, -0.1) is 11.3 Å². The van der Waals surface area contributed by atoms with Crippen LogP contribution in [0.2, 0.25) is 0 Å². The third kappa shape index (κ3) is 7.79. The van der Waals surface area contributed by atoms with E-state index in [4.69, 9.17) is 18.9 Å². The molecular formula is C26H24O8S. The van der Waals surface area contributed by atoms with Crippen molar-refractivity contribution >= 4 is 35.2 Å². The third-order valence-electron chi connectivity index (χ3n) is 4.51. The van der Waals surface area contributed by atoms with Crippen LogP contribution >= 0.6 is 11.3 Å². The molecule has 9 heteroatoms. The Kier molecular flexibility index (Phi) is 8.38. The van der Waals surface area contributed by atoms with Crippen LogP contribution in [-0.4, -0.2) is 23.9 Å². The van der Waals surface area contributed by atoms with Crippen LogP contribution in [-0.2, 0) is 32.0 Å². The molecule has 0 spiro atoms. The van der Waals surface area contributed by atoms with Crippen LogP contribution in [0.4, 0.5) is 0 Å². The van der Waals surface area contributed by atoms with Gasteiger partial charge in [0.15, 0.2) is 23.0 Å². The van der Waals surface area contributed by atoms with Crippen molar-refractivity contribution < 1.29 is 38.1 Å². The molecule has 0 saturated carbocycles. The lowest BCUT2D eigenvalue weighted by Crippen LogP contribution is -2.07. The third-order valence-corrected chi connectivity index (χ3v) is 5.59. The van der Waals surface area contributed by atoms with E-state index < -0.39 is 23.9 Å². The number of thiophene rings is 1. The molecule has 35 heavy (non-hydrogen) atoms. The molecule has 1 heterocycles. The Morgan fingerprint density at radius 3 is 1.23 bits per heavy atom. The summed E-state index contributed by atoms with van der Waals surface area (Å²) >= 11 is 1.61. The van der Waals surface area contributed by atoms with E-state index >= 15 is 0 Å². The van der Waals surface area contributed by atoms with Crippen molar-refractivity contribution in [3.05, 3.63) is 69.4 Å². The maximum Gasteiger partial charge on any atom is 0.308 e. The van der Waals surface area contributed by atoms with Crippen molar-refractivity contribution in [2.75, 3.05) is 0 Å². The van der Waals surface area contributed by atoms with Gasteiger partial charge in [-0.3, -0.25) is 19.2 Å². The number of carbonyl (C=O) groups excluding carboxylic acids is 4. The second kappa shape index (κ2) is 11.4. The molecule has 0 bridgehead atoms. The van der Waals surface area contributed by atoms with Crippen molar-refractivity contribution in [2.24, 2.45) is 0 Å². The van der Waals surface area contributed by atoms with E-state index in [0.717, 1.165) is 20.9 Å². The van der Waals surface area contributed by atoms with Gasteiger partial charge in [0.25, 0.3) is 0 Å². The van der Waals surface area contributed by atoms with Gasteiger partial charge in [0.1, 0.15) is 0 Å². The maximum absolute atomic E-state index is 11.4. The van der Waals surface area contributed by atoms with Crippen molar-refractivity contribution in [1.82, 2.24) is 0 Å². The lowest BCUT2D eigenvalue weighted by molar-refractivity contribution is -0.134. The molecule has 0 aliphatic rings. The van der Waals surface area contributed by atoms with Crippen molar-refractivity contribution in [3.63, 3.8) is 0 Å². The zero-order valence-corrected chi connectivity index (χ0v) is 20.5. The summed E-state index contributed by atoms with van der Waals surface area (Å²) in [5.41, 5.74) is 1.77. The first kappa shape index (κ1) is 25.6. The number of esters is 4. The van der Waals surface area contributed by atoms with E-state index in [1.54, 1.807) is 35.6 Å². The van der Waals surface area contributed by atoms with Gasteiger partial charge in [-0.2, -0.15) is 0 Å². The molecule has 0 radical (unpaired) electrons. The van der Waals surface area contributed by atoms with Crippen LogP contribution in [0.25, 0.3) is 0 Å². The molecule has 0 saturated heterocycles. The molecule has 182 valence electrons. The highest BCUT2D eigenvalue weighted by Crippen LogP contribution is 2.33. The summed E-state index contributed by atoms with van der Waals surface area (Å²) in [6.07, 6.45) is 1.17. The molecule has 3 aromatic rings. The van der Waals surface area contributed by atoms with E-state index in [-0.39, 0.29) is 23.0 Å². The standard InChI is InChI=1S/C26H24O8S/c1-15(27)31-23-9-5-19(13-25(23)33-17(3)29)11-21-7-8-22(35-21)12-20-6-10-24(32-16(2)28)26(14-20)34-18(4)30/h5-10,13-14H,11-12H2,1-4H3. The Balaban J connectivity index is 1.76. The zero-order valence-electron chi connectivity index (χ0n) is 19.7. The SMILES string of the molecule is CC(=O)Oc1ccc(Cc2ccc(Cc3ccc(OC(C)=O)c(OC(C)=O)c3)s2)cc1OC(C)=O. The number of carbonyl (C=O) groups is 4. The van der Waals surface area contributed by atoms with Gasteiger partial charge in [-0.25, -0.2) is 0 Å². The van der Waals surface area contributed by atoms with E-state index in [2.05, 4.69) is 0 Å². The summed E-state index contributed by atoms with van der Waals surface area (Å²) < 4.78 is 20.6. The summed E-state index contributed by atoms with van der Waals surface area (Å²) in [5, 5.41) is 0. The normalized spacial score (nSPS) is 10.4.